The molecule has 1 atom stereocenters. The molecule has 1 N–H and O–H groups in total. The summed E-state index contributed by atoms with van der Waals surface area (Å²) in [6.07, 6.45) is 3.52. The smallest absolute Gasteiger partial charge is 0.142 e. The Bertz CT molecular complexity index is 568. The van der Waals surface area contributed by atoms with Gasteiger partial charge < -0.3 is 5.32 Å². The number of hydrogen-bond acceptors (Lipinski definition) is 2. The van der Waals surface area contributed by atoms with Gasteiger partial charge in [0.15, 0.2) is 0 Å². The van der Waals surface area contributed by atoms with Gasteiger partial charge in [-0.15, -0.1) is 0 Å². The van der Waals surface area contributed by atoms with Crippen LogP contribution in [-0.4, -0.2) is 9.78 Å². The normalized spacial score (nSPS) is 12.5. The molecule has 1 unspecified atom stereocenters. The predicted octanol–water partition coefficient (Wildman–Crippen LogP) is 4.04. The number of nitrogens with zero attached hydrogens (tertiary/aromatic N) is 2. The Labute approximate surface area is 115 Å². The first-order valence-corrected chi connectivity index (χ1v) is 6.12. The number of nitrogens with one attached hydrogen (secondary N) is 1. The standard InChI is InChI=1S/C12H12Cl2FN3/c1-7(17-8-5-16-18(2)6-8)9-3-12(15)11(14)4-10(9)13/h3-7,17H,1-2H3. The topological polar surface area (TPSA) is 29.9 Å². The fourth-order valence-electron chi connectivity index (χ4n) is 1.69. The van der Waals surface area contributed by atoms with Crippen molar-refractivity contribution in [3.63, 3.8) is 0 Å². The Morgan fingerprint density at radius 2 is 2.06 bits per heavy atom. The van der Waals surface area contributed by atoms with Gasteiger partial charge in [0.1, 0.15) is 5.82 Å². The lowest BCUT2D eigenvalue weighted by Crippen LogP contribution is -2.07. The van der Waals surface area contributed by atoms with Crippen LogP contribution in [0.15, 0.2) is 24.5 Å². The van der Waals surface area contributed by atoms with E-state index in [9.17, 15) is 4.39 Å². The maximum atomic E-state index is 13.4. The molecule has 18 heavy (non-hydrogen) atoms. The largest absolute Gasteiger partial charge is 0.376 e. The molecule has 0 radical (unpaired) electrons. The third-order valence-electron chi connectivity index (χ3n) is 2.59. The van der Waals surface area contributed by atoms with Crippen LogP contribution in [0.5, 0.6) is 0 Å². The molecular weight excluding hydrogens is 276 g/mol. The van der Waals surface area contributed by atoms with Crippen LogP contribution < -0.4 is 5.32 Å². The average molecular weight is 288 g/mol. The van der Waals surface area contributed by atoms with Crippen LogP contribution in [0.3, 0.4) is 0 Å². The lowest BCUT2D eigenvalue weighted by atomic mass is 10.1. The maximum Gasteiger partial charge on any atom is 0.142 e. The zero-order chi connectivity index (χ0) is 13.3. The highest BCUT2D eigenvalue weighted by Crippen LogP contribution is 2.30. The Hall–Kier alpha value is -1.26. The molecule has 1 aromatic heterocycles. The summed E-state index contributed by atoms with van der Waals surface area (Å²) < 4.78 is 15.1. The van der Waals surface area contributed by atoms with Gasteiger partial charge in [-0.3, -0.25) is 4.68 Å². The first kappa shape index (κ1) is 13.2. The molecule has 0 aliphatic carbocycles. The zero-order valence-corrected chi connectivity index (χ0v) is 11.4. The van der Waals surface area contributed by atoms with E-state index in [-0.39, 0.29) is 11.1 Å². The third kappa shape index (κ3) is 2.76. The van der Waals surface area contributed by atoms with Crippen LogP contribution in [0.4, 0.5) is 10.1 Å². The van der Waals surface area contributed by atoms with Crippen molar-refractivity contribution in [2.45, 2.75) is 13.0 Å². The molecule has 0 amide bonds. The summed E-state index contributed by atoms with van der Waals surface area (Å²) in [6.45, 7) is 1.89. The Balaban J connectivity index is 2.23. The van der Waals surface area contributed by atoms with Crippen LogP contribution >= 0.6 is 23.2 Å². The van der Waals surface area contributed by atoms with Crippen molar-refractivity contribution in [2.75, 3.05) is 5.32 Å². The predicted molar refractivity (Wildman–Crippen MR) is 71.7 cm³/mol. The lowest BCUT2D eigenvalue weighted by molar-refractivity contribution is 0.624. The van der Waals surface area contributed by atoms with Crippen molar-refractivity contribution in [1.29, 1.82) is 0 Å². The highest BCUT2D eigenvalue weighted by atomic mass is 35.5. The molecule has 0 saturated carbocycles. The van der Waals surface area contributed by atoms with Crippen LogP contribution in [0.25, 0.3) is 0 Å². The van der Waals surface area contributed by atoms with E-state index in [4.69, 9.17) is 23.2 Å². The van der Waals surface area contributed by atoms with Crippen LogP contribution in [0.2, 0.25) is 10.0 Å². The summed E-state index contributed by atoms with van der Waals surface area (Å²) in [6, 6.07) is 2.61. The van der Waals surface area contributed by atoms with Gasteiger partial charge in [0.2, 0.25) is 0 Å². The van der Waals surface area contributed by atoms with Gasteiger partial charge in [-0.2, -0.15) is 5.10 Å². The minimum atomic E-state index is -0.476. The molecule has 0 aliphatic rings. The highest BCUT2D eigenvalue weighted by Gasteiger charge is 2.13. The van der Waals surface area contributed by atoms with Gasteiger partial charge in [0.05, 0.1) is 22.9 Å². The second kappa shape index (κ2) is 5.16. The molecule has 0 spiro atoms. The summed E-state index contributed by atoms with van der Waals surface area (Å²) in [5.74, 6) is -0.476. The van der Waals surface area contributed by atoms with Crippen LogP contribution in [0.1, 0.15) is 18.5 Å². The van der Waals surface area contributed by atoms with Crippen molar-refractivity contribution in [2.24, 2.45) is 7.05 Å². The second-order valence-electron chi connectivity index (χ2n) is 4.06. The maximum absolute atomic E-state index is 13.4. The van der Waals surface area contributed by atoms with E-state index in [1.54, 1.807) is 10.9 Å². The number of rotatable bonds is 3. The number of aryl methyl sites for hydroxylation is 1. The SMILES string of the molecule is CC(Nc1cnn(C)c1)c1cc(F)c(Cl)cc1Cl. The van der Waals surface area contributed by atoms with E-state index in [0.717, 1.165) is 5.69 Å². The molecule has 6 heteroatoms. The summed E-state index contributed by atoms with van der Waals surface area (Å²) in [5.41, 5.74) is 1.50. The molecule has 0 fully saturated rings. The average Bonchev–Trinajstić information content (AvgIpc) is 2.69. The summed E-state index contributed by atoms with van der Waals surface area (Å²) in [4.78, 5) is 0. The monoisotopic (exact) mass is 287 g/mol. The number of anilines is 1. The van der Waals surface area contributed by atoms with Crippen molar-refractivity contribution in [3.05, 3.63) is 46.0 Å². The molecule has 0 aliphatic heterocycles. The number of benzene rings is 1. The fraction of sp³-hybridized carbons (Fsp3) is 0.250. The number of halogens is 3. The molecule has 96 valence electrons. The zero-order valence-electron chi connectivity index (χ0n) is 9.92. The first-order valence-electron chi connectivity index (χ1n) is 5.37. The molecule has 3 nitrogen and oxygen atoms in total. The van der Waals surface area contributed by atoms with E-state index in [1.165, 1.54) is 12.1 Å². The van der Waals surface area contributed by atoms with E-state index in [2.05, 4.69) is 10.4 Å². The van der Waals surface area contributed by atoms with E-state index >= 15 is 0 Å². The van der Waals surface area contributed by atoms with Gasteiger partial charge in [0, 0.05) is 18.3 Å². The van der Waals surface area contributed by atoms with E-state index in [0.29, 0.717) is 10.6 Å². The van der Waals surface area contributed by atoms with Crippen molar-refractivity contribution in [3.8, 4) is 0 Å². The first-order chi connectivity index (χ1) is 8.47. The lowest BCUT2D eigenvalue weighted by Gasteiger charge is -2.16. The summed E-state index contributed by atoms with van der Waals surface area (Å²) >= 11 is 11.7. The van der Waals surface area contributed by atoms with Crippen LogP contribution in [-0.2, 0) is 7.05 Å². The quantitative estimate of drug-likeness (QED) is 0.864. The number of hydrogen-bond donors (Lipinski definition) is 1. The van der Waals surface area contributed by atoms with Gasteiger partial charge >= 0.3 is 0 Å². The molecular formula is C12H12Cl2FN3. The third-order valence-corrected chi connectivity index (χ3v) is 3.21. The minimum Gasteiger partial charge on any atom is -0.376 e. The van der Waals surface area contributed by atoms with E-state index < -0.39 is 5.82 Å². The molecule has 2 aromatic rings. The fourth-order valence-corrected chi connectivity index (χ4v) is 2.24. The van der Waals surface area contributed by atoms with Gasteiger partial charge in [0.25, 0.3) is 0 Å². The Kier molecular flexibility index (Phi) is 3.78. The summed E-state index contributed by atoms with van der Waals surface area (Å²) in [7, 11) is 1.82. The molecule has 0 saturated heterocycles. The Morgan fingerprint density at radius 1 is 1.33 bits per heavy atom. The van der Waals surface area contributed by atoms with Crippen LogP contribution in [0, 0.1) is 5.82 Å². The van der Waals surface area contributed by atoms with Crippen molar-refractivity contribution < 1.29 is 4.39 Å². The van der Waals surface area contributed by atoms with E-state index in [1.807, 2.05) is 20.2 Å². The molecule has 0 bridgehead atoms. The molecule has 1 aromatic carbocycles. The van der Waals surface area contributed by atoms with Crippen molar-refractivity contribution in [1.82, 2.24) is 9.78 Å². The minimum absolute atomic E-state index is 0.0253. The van der Waals surface area contributed by atoms with Gasteiger partial charge in [-0.1, -0.05) is 23.2 Å². The molecule has 1 heterocycles. The Morgan fingerprint density at radius 3 is 2.67 bits per heavy atom. The number of aromatic nitrogens is 2. The van der Waals surface area contributed by atoms with Gasteiger partial charge in [-0.05, 0) is 24.6 Å². The second-order valence-corrected chi connectivity index (χ2v) is 4.87. The molecule has 2 rings (SSSR count). The van der Waals surface area contributed by atoms with Gasteiger partial charge in [-0.25, -0.2) is 4.39 Å². The van der Waals surface area contributed by atoms with Crippen molar-refractivity contribution >= 4 is 28.9 Å². The summed E-state index contributed by atoms with van der Waals surface area (Å²) in [5, 5.41) is 7.69. The highest BCUT2D eigenvalue weighted by molar-refractivity contribution is 6.35.